The topological polar surface area (TPSA) is 89.1 Å². The zero-order chi connectivity index (χ0) is 12.1. The average Bonchev–Trinajstić information content (AvgIpc) is 2.29. The molecule has 17 heavy (non-hydrogen) atoms. The number of anilines is 2. The highest BCUT2D eigenvalue weighted by molar-refractivity contribution is 6.29. The molecule has 0 saturated heterocycles. The fourth-order valence-corrected chi connectivity index (χ4v) is 1.29. The molecule has 0 saturated carbocycles. The van der Waals surface area contributed by atoms with Crippen LogP contribution in [0.5, 0.6) is 0 Å². The molecule has 6 nitrogen and oxygen atoms in total. The van der Waals surface area contributed by atoms with Crippen molar-refractivity contribution in [3.8, 4) is 0 Å². The summed E-state index contributed by atoms with van der Waals surface area (Å²) in [5.41, 5.74) is 9.05. The predicted molar refractivity (Wildman–Crippen MR) is 66.9 cm³/mol. The molecule has 3 N–H and O–H groups in total. The van der Waals surface area contributed by atoms with Crippen molar-refractivity contribution in [2.24, 2.45) is 5.10 Å². The lowest BCUT2D eigenvalue weighted by Gasteiger charge is -2.00. The van der Waals surface area contributed by atoms with Crippen LogP contribution < -0.4 is 11.2 Å². The minimum Gasteiger partial charge on any atom is -0.383 e. The number of nitrogens with two attached hydrogens (primary N) is 1. The number of halogens is 1. The normalized spacial score (nSPS) is 10.6. The van der Waals surface area contributed by atoms with Gasteiger partial charge in [-0.05, 0) is 17.7 Å². The van der Waals surface area contributed by atoms with Gasteiger partial charge in [-0.15, -0.1) is 0 Å². The van der Waals surface area contributed by atoms with Gasteiger partial charge in [0.05, 0.1) is 6.21 Å². The molecule has 2 aromatic heterocycles. The maximum Gasteiger partial charge on any atom is 0.246 e. The van der Waals surface area contributed by atoms with Crippen molar-refractivity contribution < 1.29 is 0 Å². The second-order valence-electron chi connectivity index (χ2n) is 3.09. The van der Waals surface area contributed by atoms with Crippen molar-refractivity contribution in [3.05, 3.63) is 41.3 Å². The van der Waals surface area contributed by atoms with Crippen LogP contribution in [0.3, 0.4) is 0 Å². The molecule has 0 fully saturated rings. The molecular formula is C10H9ClN6. The van der Waals surface area contributed by atoms with E-state index in [9.17, 15) is 0 Å². The van der Waals surface area contributed by atoms with Crippen molar-refractivity contribution in [3.63, 3.8) is 0 Å². The number of hydrazone groups is 1. The monoisotopic (exact) mass is 248 g/mol. The molecule has 0 atom stereocenters. The van der Waals surface area contributed by atoms with Crippen molar-refractivity contribution in [2.45, 2.75) is 0 Å². The molecule has 0 aliphatic heterocycles. The summed E-state index contributed by atoms with van der Waals surface area (Å²) in [7, 11) is 0. The van der Waals surface area contributed by atoms with E-state index in [1.807, 2.05) is 12.1 Å². The van der Waals surface area contributed by atoms with E-state index in [4.69, 9.17) is 17.3 Å². The van der Waals surface area contributed by atoms with E-state index < -0.39 is 0 Å². The highest BCUT2D eigenvalue weighted by atomic mass is 35.5. The summed E-state index contributed by atoms with van der Waals surface area (Å²) in [6.45, 7) is 0. The minimum absolute atomic E-state index is 0.250. The van der Waals surface area contributed by atoms with Crippen LogP contribution in [0.2, 0.25) is 5.15 Å². The van der Waals surface area contributed by atoms with Gasteiger partial charge in [-0.25, -0.2) is 5.43 Å². The number of hydrogen-bond donors (Lipinski definition) is 2. The average molecular weight is 249 g/mol. The van der Waals surface area contributed by atoms with Crippen molar-refractivity contribution in [1.82, 2.24) is 15.0 Å². The second-order valence-corrected chi connectivity index (χ2v) is 3.48. The van der Waals surface area contributed by atoms with Crippen LogP contribution in [-0.2, 0) is 0 Å². The van der Waals surface area contributed by atoms with Crippen LogP contribution in [-0.4, -0.2) is 21.2 Å². The van der Waals surface area contributed by atoms with Gasteiger partial charge in [-0.3, -0.25) is 4.98 Å². The Balaban J connectivity index is 2.05. The Labute approximate surface area is 103 Å². The van der Waals surface area contributed by atoms with Crippen molar-refractivity contribution in [2.75, 3.05) is 11.2 Å². The maximum absolute atomic E-state index is 5.71. The van der Waals surface area contributed by atoms with E-state index >= 15 is 0 Å². The standard InChI is InChI=1S/C10H9ClN6/c11-8-5-9(12)16-10(15-8)17-14-6-7-1-3-13-4-2-7/h1-6H,(H3,12,15,16,17). The summed E-state index contributed by atoms with van der Waals surface area (Å²) < 4.78 is 0. The predicted octanol–water partition coefficient (Wildman–Crippen LogP) is 1.55. The third-order valence-corrected chi connectivity index (χ3v) is 1.99. The first-order valence-electron chi connectivity index (χ1n) is 4.73. The first-order chi connectivity index (χ1) is 8.24. The molecule has 0 bridgehead atoms. The first-order valence-corrected chi connectivity index (χ1v) is 5.11. The third-order valence-electron chi connectivity index (χ3n) is 1.80. The van der Waals surface area contributed by atoms with Gasteiger partial charge in [0.1, 0.15) is 11.0 Å². The van der Waals surface area contributed by atoms with Gasteiger partial charge in [-0.2, -0.15) is 15.1 Å². The van der Waals surface area contributed by atoms with Gasteiger partial charge in [0, 0.05) is 18.5 Å². The summed E-state index contributed by atoms with van der Waals surface area (Å²) in [4.78, 5) is 11.7. The Kier molecular flexibility index (Phi) is 3.46. The molecule has 7 heteroatoms. The first kappa shape index (κ1) is 11.3. The molecular weight excluding hydrogens is 240 g/mol. The smallest absolute Gasteiger partial charge is 0.246 e. The number of aromatic nitrogens is 3. The molecule has 2 aromatic rings. The van der Waals surface area contributed by atoms with Crippen LogP contribution in [0.15, 0.2) is 35.7 Å². The molecule has 2 rings (SSSR count). The molecule has 0 aliphatic carbocycles. The molecule has 0 unspecified atom stereocenters. The summed E-state index contributed by atoms with van der Waals surface area (Å²) in [5, 5.41) is 4.22. The molecule has 0 radical (unpaired) electrons. The van der Waals surface area contributed by atoms with Crippen LogP contribution in [0.25, 0.3) is 0 Å². The summed E-state index contributed by atoms with van der Waals surface area (Å²) in [6, 6.07) is 5.09. The van der Waals surface area contributed by atoms with E-state index in [2.05, 4.69) is 25.5 Å². The van der Waals surface area contributed by atoms with Crippen molar-refractivity contribution >= 4 is 29.6 Å². The van der Waals surface area contributed by atoms with Crippen LogP contribution in [0, 0.1) is 0 Å². The number of nitrogens with one attached hydrogen (secondary N) is 1. The number of nitrogen functional groups attached to an aromatic ring is 1. The second kappa shape index (κ2) is 5.22. The Hall–Kier alpha value is -2.21. The Bertz CT molecular complexity index is 507. The van der Waals surface area contributed by atoms with E-state index in [0.29, 0.717) is 0 Å². The van der Waals surface area contributed by atoms with Gasteiger partial charge in [-0.1, -0.05) is 11.6 Å². The zero-order valence-electron chi connectivity index (χ0n) is 8.71. The Morgan fingerprint density at radius 3 is 2.76 bits per heavy atom. The van der Waals surface area contributed by atoms with Gasteiger partial charge in [0.15, 0.2) is 0 Å². The fourth-order valence-electron chi connectivity index (χ4n) is 1.10. The molecule has 0 aromatic carbocycles. The summed E-state index contributed by atoms with van der Waals surface area (Å²) in [6.07, 6.45) is 4.96. The van der Waals surface area contributed by atoms with E-state index in [1.54, 1.807) is 18.6 Å². The molecule has 2 heterocycles. The minimum atomic E-state index is 0.250. The number of nitrogens with zero attached hydrogens (tertiary/aromatic N) is 4. The lowest BCUT2D eigenvalue weighted by Crippen LogP contribution is -2.00. The summed E-state index contributed by atoms with van der Waals surface area (Å²) >= 11 is 5.71. The lowest BCUT2D eigenvalue weighted by atomic mass is 10.3. The maximum atomic E-state index is 5.71. The number of rotatable bonds is 3. The molecule has 86 valence electrons. The van der Waals surface area contributed by atoms with Crippen LogP contribution >= 0.6 is 11.6 Å². The van der Waals surface area contributed by atoms with Crippen LogP contribution in [0.4, 0.5) is 11.8 Å². The Morgan fingerprint density at radius 2 is 2.06 bits per heavy atom. The van der Waals surface area contributed by atoms with Gasteiger partial charge in [0.2, 0.25) is 5.95 Å². The fraction of sp³-hybridized carbons (Fsp3) is 0. The lowest BCUT2D eigenvalue weighted by molar-refractivity contribution is 1.13. The third kappa shape index (κ3) is 3.39. The SMILES string of the molecule is Nc1cc(Cl)nc(NN=Cc2ccncc2)n1. The van der Waals surface area contributed by atoms with Crippen LogP contribution in [0.1, 0.15) is 5.56 Å². The van der Waals surface area contributed by atoms with Gasteiger partial charge in [0.25, 0.3) is 0 Å². The van der Waals surface area contributed by atoms with Gasteiger partial charge >= 0.3 is 0 Å². The Morgan fingerprint density at radius 1 is 1.29 bits per heavy atom. The van der Waals surface area contributed by atoms with Crippen molar-refractivity contribution in [1.29, 1.82) is 0 Å². The zero-order valence-corrected chi connectivity index (χ0v) is 9.46. The largest absolute Gasteiger partial charge is 0.383 e. The quantitative estimate of drug-likeness (QED) is 0.489. The molecule has 0 spiro atoms. The van der Waals surface area contributed by atoms with E-state index in [1.165, 1.54) is 6.07 Å². The van der Waals surface area contributed by atoms with Gasteiger partial charge < -0.3 is 5.73 Å². The molecule has 0 aliphatic rings. The van der Waals surface area contributed by atoms with E-state index in [0.717, 1.165) is 5.56 Å². The number of pyridine rings is 1. The van der Waals surface area contributed by atoms with E-state index in [-0.39, 0.29) is 16.9 Å². The number of hydrogen-bond acceptors (Lipinski definition) is 6. The summed E-state index contributed by atoms with van der Waals surface area (Å²) in [5.74, 6) is 0.534. The highest BCUT2D eigenvalue weighted by Gasteiger charge is 1.98. The highest BCUT2D eigenvalue weighted by Crippen LogP contribution is 2.11. The molecule has 0 amide bonds.